The number of carboxylic acids is 2. The smallest absolute Gasteiger partial charge is 0.305 e. The Labute approximate surface area is 122 Å². The number of Topliss-reactive ketones (excluding diaryl/α,β-unsaturated/α-hetero) is 1. The number of hydrogen-bond acceptors (Lipinski definition) is 5. The second-order valence-electron chi connectivity index (χ2n) is 4.95. The van der Waals surface area contributed by atoms with Crippen LogP contribution in [-0.2, 0) is 19.2 Å². The van der Waals surface area contributed by atoms with E-state index in [1.54, 1.807) is 20.8 Å². The minimum Gasteiger partial charge on any atom is -0.481 e. The van der Waals surface area contributed by atoms with Gasteiger partial charge in [-0.05, 0) is 0 Å². The highest BCUT2D eigenvalue weighted by Gasteiger charge is 2.28. The lowest BCUT2D eigenvalue weighted by molar-refractivity contribution is -0.142. The van der Waals surface area contributed by atoms with Crippen molar-refractivity contribution in [3.8, 4) is 0 Å². The third kappa shape index (κ3) is 8.03. The monoisotopic (exact) mass is 302 g/mol. The highest BCUT2D eigenvalue weighted by Crippen LogP contribution is 2.02. The van der Waals surface area contributed by atoms with Gasteiger partial charge in [0.2, 0.25) is 5.91 Å². The van der Waals surface area contributed by atoms with Crippen LogP contribution in [-0.4, -0.2) is 52.0 Å². The summed E-state index contributed by atoms with van der Waals surface area (Å²) in [6, 6.07) is -2.31. The summed E-state index contributed by atoms with van der Waals surface area (Å²) < 4.78 is 0. The Kier molecular flexibility index (Phi) is 8.22. The van der Waals surface area contributed by atoms with Crippen molar-refractivity contribution < 1.29 is 29.4 Å². The van der Waals surface area contributed by atoms with E-state index < -0.39 is 48.6 Å². The van der Waals surface area contributed by atoms with Gasteiger partial charge in [0, 0.05) is 12.5 Å². The number of nitrogens with one attached hydrogen (secondary N) is 2. The molecule has 1 amide bonds. The Bertz CT molecular complexity index is 407. The van der Waals surface area contributed by atoms with Crippen molar-refractivity contribution in [2.75, 3.05) is 0 Å². The maximum atomic E-state index is 12.0. The zero-order valence-corrected chi connectivity index (χ0v) is 12.4. The van der Waals surface area contributed by atoms with Crippen molar-refractivity contribution in [1.29, 1.82) is 0 Å². The summed E-state index contributed by atoms with van der Waals surface area (Å²) in [5.74, 6) is -3.49. The highest BCUT2D eigenvalue weighted by molar-refractivity contribution is 5.94. The third-order valence-corrected chi connectivity index (χ3v) is 2.66. The standard InChI is InChI=1S/C13H22N2O6/c1-4-10(16)8(5-11(17)18)15-13(21)9(6-12(19)20)14-7(2)3/h7-9,14H,4-6H2,1-3H3,(H,15,21)(H,17,18)(H,19,20). The predicted octanol–water partition coefficient (Wildman–Crippen LogP) is -0.234. The minimum atomic E-state index is -1.21. The topological polar surface area (TPSA) is 133 Å². The first-order valence-electron chi connectivity index (χ1n) is 6.70. The number of ketones is 1. The van der Waals surface area contributed by atoms with E-state index in [0.717, 1.165) is 0 Å². The molecule has 8 heteroatoms. The van der Waals surface area contributed by atoms with Gasteiger partial charge >= 0.3 is 11.9 Å². The van der Waals surface area contributed by atoms with E-state index in [1.165, 1.54) is 0 Å². The number of aliphatic carboxylic acids is 2. The van der Waals surface area contributed by atoms with E-state index in [0.29, 0.717) is 0 Å². The first-order valence-corrected chi connectivity index (χ1v) is 6.70. The molecular weight excluding hydrogens is 280 g/mol. The average Bonchev–Trinajstić information content (AvgIpc) is 2.34. The average molecular weight is 302 g/mol. The van der Waals surface area contributed by atoms with Crippen molar-refractivity contribution in [1.82, 2.24) is 10.6 Å². The van der Waals surface area contributed by atoms with Crippen LogP contribution in [0.25, 0.3) is 0 Å². The van der Waals surface area contributed by atoms with E-state index >= 15 is 0 Å². The van der Waals surface area contributed by atoms with E-state index in [1.807, 2.05) is 0 Å². The van der Waals surface area contributed by atoms with Crippen LogP contribution in [0.2, 0.25) is 0 Å². The Hall–Kier alpha value is -1.96. The molecule has 0 aliphatic rings. The molecule has 4 N–H and O–H groups in total. The predicted molar refractivity (Wildman–Crippen MR) is 73.8 cm³/mol. The lowest BCUT2D eigenvalue weighted by Gasteiger charge is -2.22. The molecule has 2 unspecified atom stereocenters. The number of rotatable bonds is 10. The van der Waals surface area contributed by atoms with Gasteiger partial charge in [-0.2, -0.15) is 0 Å². The van der Waals surface area contributed by atoms with Gasteiger partial charge in [0.05, 0.1) is 24.9 Å². The van der Waals surface area contributed by atoms with Gasteiger partial charge in [-0.25, -0.2) is 0 Å². The molecule has 0 rings (SSSR count). The van der Waals surface area contributed by atoms with Crippen LogP contribution in [0.1, 0.15) is 40.0 Å². The zero-order valence-electron chi connectivity index (χ0n) is 12.4. The van der Waals surface area contributed by atoms with Gasteiger partial charge in [0.1, 0.15) is 0 Å². The first-order chi connectivity index (χ1) is 9.67. The fourth-order valence-electron chi connectivity index (χ4n) is 1.74. The van der Waals surface area contributed by atoms with Crippen LogP contribution in [0.4, 0.5) is 0 Å². The molecule has 120 valence electrons. The van der Waals surface area contributed by atoms with Crippen LogP contribution in [0.15, 0.2) is 0 Å². The molecule has 0 aliphatic heterocycles. The van der Waals surface area contributed by atoms with Crippen LogP contribution < -0.4 is 10.6 Å². The molecular formula is C13H22N2O6. The lowest BCUT2D eigenvalue weighted by atomic mass is 10.1. The summed E-state index contributed by atoms with van der Waals surface area (Å²) in [5.41, 5.74) is 0. The number of amides is 1. The molecule has 21 heavy (non-hydrogen) atoms. The molecule has 0 aromatic heterocycles. The largest absolute Gasteiger partial charge is 0.481 e. The molecule has 0 fully saturated rings. The van der Waals surface area contributed by atoms with Crippen molar-refractivity contribution in [3.63, 3.8) is 0 Å². The maximum Gasteiger partial charge on any atom is 0.305 e. The van der Waals surface area contributed by atoms with Gasteiger partial charge in [-0.15, -0.1) is 0 Å². The summed E-state index contributed by atoms with van der Waals surface area (Å²) in [6.45, 7) is 5.05. The van der Waals surface area contributed by atoms with Gasteiger partial charge in [-0.3, -0.25) is 19.2 Å². The minimum absolute atomic E-state index is 0.0828. The Morgan fingerprint density at radius 3 is 1.81 bits per heavy atom. The molecule has 0 aliphatic carbocycles. The molecule has 0 saturated carbocycles. The summed E-state index contributed by atoms with van der Waals surface area (Å²) in [4.78, 5) is 45.2. The van der Waals surface area contributed by atoms with E-state index in [4.69, 9.17) is 10.2 Å². The second-order valence-corrected chi connectivity index (χ2v) is 4.95. The third-order valence-electron chi connectivity index (χ3n) is 2.66. The van der Waals surface area contributed by atoms with E-state index in [9.17, 15) is 19.2 Å². The highest BCUT2D eigenvalue weighted by atomic mass is 16.4. The van der Waals surface area contributed by atoms with Gasteiger partial charge in [-0.1, -0.05) is 20.8 Å². The van der Waals surface area contributed by atoms with Crippen LogP contribution >= 0.6 is 0 Å². The van der Waals surface area contributed by atoms with Crippen molar-refractivity contribution in [3.05, 3.63) is 0 Å². The summed E-state index contributed by atoms with van der Waals surface area (Å²) in [7, 11) is 0. The number of carbonyl (C=O) groups excluding carboxylic acids is 2. The first kappa shape index (κ1) is 19.0. The van der Waals surface area contributed by atoms with Crippen molar-refractivity contribution in [2.24, 2.45) is 0 Å². The molecule has 0 heterocycles. The summed E-state index contributed by atoms with van der Waals surface area (Å²) >= 11 is 0. The van der Waals surface area contributed by atoms with Crippen LogP contribution in [0, 0.1) is 0 Å². The maximum absolute atomic E-state index is 12.0. The normalized spacial score (nSPS) is 13.5. The molecule has 0 bridgehead atoms. The van der Waals surface area contributed by atoms with Crippen molar-refractivity contribution >= 4 is 23.6 Å². The zero-order chi connectivity index (χ0) is 16.6. The van der Waals surface area contributed by atoms with Gasteiger partial charge in [0.15, 0.2) is 5.78 Å². The Balaban J connectivity index is 4.91. The van der Waals surface area contributed by atoms with Gasteiger partial charge < -0.3 is 20.8 Å². The quantitative estimate of drug-likeness (QED) is 0.438. The second kappa shape index (κ2) is 9.06. The van der Waals surface area contributed by atoms with Crippen LogP contribution in [0.3, 0.4) is 0 Å². The molecule has 8 nitrogen and oxygen atoms in total. The molecule has 0 aromatic rings. The van der Waals surface area contributed by atoms with E-state index in [-0.39, 0.29) is 12.5 Å². The fraction of sp³-hybridized carbons (Fsp3) is 0.692. The van der Waals surface area contributed by atoms with E-state index in [2.05, 4.69) is 10.6 Å². The lowest BCUT2D eigenvalue weighted by Crippen LogP contribution is -2.52. The Morgan fingerprint density at radius 1 is 0.952 bits per heavy atom. The SMILES string of the molecule is CCC(=O)C(CC(=O)O)NC(=O)C(CC(=O)O)NC(C)C. The Morgan fingerprint density at radius 2 is 1.43 bits per heavy atom. The molecule has 2 atom stereocenters. The number of hydrogen-bond donors (Lipinski definition) is 4. The van der Waals surface area contributed by atoms with Gasteiger partial charge in [0.25, 0.3) is 0 Å². The number of carbonyl (C=O) groups is 4. The van der Waals surface area contributed by atoms with Crippen LogP contribution in [0.5, 0.6) is 0 Å². The number of carboxylic acid groups (broad SMARTS) is 2. The summed E-state index contributed by atoms with van der Waals surface area (Å²) in [5, 5.41) is 22.6. The molecule has 0 saturated heterocycles. The fourth-order valence-corrected chi connectivity index (χ4v) is 1.74. The molecule has 0 radical (unpaired) electrons. The molecule has 0 aromatic carbocycles. The van der Waals surface area contributed by atoms with Crippen molar-refractivity contribution in [2.45, 2.75) is 58.2 Å². The summed E-state index contributed by atoms with van der Waals surface area (Å²) in [6.07, 6.45) is -0.899. The molecule has 0 spiro atoms.